The van der Waals surface area contributed by atoms with Crippen LogP contribution in [-0.2, 0) is 14.4 Å². The van der Waals surface area contributed by atoms with Gasteiger partial charge in [-0.05, 0) is 5.56 Å². The van der Waals surface area contributed by atoms with E-state index in [1.165, 1.54) is 4.90 Å². The number of hydrogen-bond donors (Lipinski definition) is 2. The van der Waals surface area contributed by atoms with Crippen LogP contribution in [0.5, 0.6) is 0 Å². The highest BCUT2D eigenvalue weighted by Gasteiger charge is 2.23. The zero-order chi connectivity index (χ0) is 14.3. The molecule has 3 amide bonds. The van der Waals surface area contributed by atoms with Crippen molar-refractivity contribution in [2.45, 2.75) is 6.04 Å². The Balaban J connectivity index is 2.85. The molecule has 0 spiro atoms. The molecule has 1 atom stereocenters. The molecule has 0 aliphatic rings. The van der Waals surface area contributed by atoms with Crippen molar-refractivity contribution in [3.05, 3.63) is 35.9 Å². The van der Waals surface area contributed by atoms with Crippen molar-refractivity contribution in [3.8, 4) is 0 Å². The number of benzene rings is 1. The fourth-order valence-electron chi connectivity index (χ4n) is 1.54. The van der Waals surface area contributed by atoms with Crippen LogP contribution >= 0.6 is 0 Å². The average Bonchev–Trinajstić information content (AvgIpc) is 2.42. The van der Waals surface area contributed by atoms with Gasteiger partial charge in [0.05, 0.1) is 6.54 Å². The lowest BCUT2D eigenvalue weighted by molar-refractivity contribution is -0.134. The van der Waals surface area contributed by atoms with Crippen LogP contribution in [0.2, 0.25) is 0 Å². The monoisotopic (exact) mass is 263 g/mol. The van der Waals surface area contributed by atoms with Gasteiger partial charge >= 0.3 is 0 Å². The molecule has 0 aromatic heterocycles. The van der Waals surface area contributed by atoms with Crippen molar-refractivity contribution < 1.29 is 14.4 Å². The van der Waals surface area contributed by atoms with Gasteiger partial charge < -0.3 is 15.5 Å². The molecule has 1 aromatic carbocycles. The van der Waals surface area contributed by atoms with E-state index < -0.39 is 11.9 Å². The molecular formula is C13H17N3O3. The van der Waals surface area contributed by atoms with Gasteiger partial charge in [-0.3, -0.25) is 14.4 Å². The minimum Gasteiger partial charge on any atom is -0.350 e. The first-order valence-corrected chi connectivity index (χ1v) is 5.78. The number of nitrogens with zero attached hydrogens (tertiary/aromatic N) is 1. The van der Waals surface area contributed by atoms with E-state index in [1.54, 1.807) is 38.4 Å². The summed E-state index contributed by atoms with van der Waals surface area (Å²) < 4.78 is 0. The second kappa shape index (κ2) is 7.15. The lowest BCUT2D eigenvalue weighted by atomic mass is 10.1. The molecule has 0 aliphatic heterocycles. The third-order valence-electron chi connectivity index (χ3n) is 2.47. The number of likely N-dealkylation sites (N-methyl/N-ethyl adjacent to an activating group) is 1. The molecule has 0 saturated carbocycles. The second-order valence-corrected chi connectivity index (χ2v) is 4.14. The minimum atomic E-state index is -0.753. The van der Waals surface area contributed by atoms with Gasteiger partial charge in [0, 0.05) is 14.1 Å². The van der Waals surface area contributed by atoms with E-state index >= 15 is 0 Å². The minimum absolute atomic E-state index is 0.159. The summed E-state index contributed by atoms with van der Waals surface area (Å²) in [6.07, 6.45) is 0.435. The molecule has 0 aliphatic carbocycles. The molecule has 1 rings (SSSR count). The van der Waals surface area contributed by atoms with Crippen molar-refractivity contribution in [2.75, 3.05) is 20.6 Å². The zero-order valence-electron chi connectivity index (χ0n) is 10.9. The highest BCUT2D eigenvalue weighted by Crippen LogP contribution is 2.14. The predicted octanol–water partition coefficient (Wildman–Crippen LogP) is -0.322. The Hall–Kier alpha value is -2.37. The quantitative estimate of drug-likeness (QED) is 0.690. The van der Waals surface area contributed by atoms with Gasteiger partial charge in [-0.25, -0.2) is 0 Å². The van der Waals surface area contributed by atoms with Gasteiger partial charge in [0.15, 0.2) is 0 Å². The highest BCUT2D eigenvalue weighted by molar-refractivity contribution is 5.89. The largest absolute Gasteiger partial charge is 0.350 e. The fraction of sp³-hybridized carbons (Fsp3) is 0.308. The fourth-order valence-corrected chi connectivity index (χ4v) is 1.54. The summed E-state index contributed by atoms with van der Waals surface area (Å²) in [4.78, 5) is 35.2. The van der Waals surface area contributed by atoms with Crippen LogP contribution in [0.25, 0.3) is 0 Å². The summed E-state index contributed by atoms with van der Waals surface area (Å²) in [5.41, 5.74) is 0.695. The second-order valence-electron chi connectivity index (χ2n) is 4.14. The van der Waals surface area contributed by atoms with Crippen molar-refractivity contribution in [2.24, 2.45) is 0 Å². The van der Waals surface area contributed by atoms with Gasteiger partial charge in [-0.2, -0.15) is 0 Å². The van der Waals surface area contributed by atoms with E-state index in [0.29, 0.717) is 12.0 Å². The standard InChI is InChI=1S/C13H17N3O3/c1-16(2)13(19)12(10-6-4-3-5-7-10)15-11(18)8-14-9-17/h3-7,9,12H,8H2,1-2H3,(H,14,17)(H,15,18). The maximum Gasteiger partial charge on any atom is 0.249 e. The molecule has 0 radical (unpaired) electrons. The molecule has 102 valence electrons. The number of carbonyl (C=O) groups excluding carboxylic acids is 3. The summed E-state index contributed by atoms with van der Waals surface area (Å²) in [5, 5.41) is 4.85. The molecular weight excluding hydrogens is 246 g/mol. The molecule has 0 saturated heterocycles. The smallest absolute Gasteiger partial charge is 0.249 e. The molecule has 6 nitrogen and oxygen atoms in total. The number of hydrogen-bond acceptors (Lipinski definition) is 3. The summed E-state index contributed by atoms with van der Waals surface area (Å²) in [6, 6.07) is 8.19. The van der Waals surface area contributed by atoms with E-state index in [9.17, 15) is 14.4 Å². The highest BCUT2D eigenvalue weighted by atomic mass is 16.2. The Morgan fingerprint density at radius 3 is 2.42 bits per heavy atom. The van der Waals surface area contributed by atoms with Crippen LogP contribution in [-0.4, -0.2) is 43.8 Å². The molecule has 2 N–H and O–H groups in total. The van der Waals surface area contributed by atoms with Crippen LogP contribution in [0.4, 0.5) is 0 Å². The molecule has 1 unspecified atom stereocenters. The first-order chi connectivity index (χ1) is 9.06. The van der Waals surface area contributed by atoms with Crippen LogP contribution < -0.4 is 10.6 Å². The van der Waals surface area contributed by atoms with Gasteiger partial charge in [-0.15, -0.1) is 0 Å². The van der Waals surface area contributed by atoms with Gasteiger partial charge in [0.25, 0.3) is 0 Å². The Morgan fingerprint density at radius 2 is 1.89 bits per heavy atom. The SMILES string of the molecule is CN(C)C(=O)C(NC(=O)CNC=O)c1ccccc1. The Bertz CT molecular complexity index is 446. The van der Waals surface area contributed by atoms with Crippen molar-refractivity contribution in [3.63, 3.8) is 0 Å². The summed E-state index contributed by atoms with van der Waals surface area (Å²) in [7, 11) is 3.24. The van der Waals surface area contributed by atoms with Crippen LogP contribution in [0.3, 0.4) is 0 Å². The molecule has 1 aromatic rings. The van der Waals surface area contributed by atoms with E-state index in [4.69, 9.17) is 0 Å². The van der Waals surface area contributed by atoms with E-state index in [-0.39, 0.29) is 12.5 Å². The lowest BCUT2D eigenvalue weighted by Gasteiger charge is -2.22. The van der Waals surface area contributed by atoms with Crippen LogP contribution in [0, 0.1) is 0 Å². The van der Waals surface area contributed by atoms with Gasteiger partial charge in [0.1, 0.15) is 6.04 Å². The van der Waals surface area contributed by atoms with Gasteiger partial charge in [0.2, 0.25) is 18.2 Å². The maximum atomic E-state index is 12.1. The van der Waals surface area contributed by atoms with Crippen molar-refractivity contribution in [1.82, 2.24) is 15.5 Å². The average molecular weight is 263 g/mol. The van der Waals surface area contributed by atoms with E-state index in [1.807, 2.05) is 6.07 Å². The third kappa shape index (κ3) is 4.42. The molecule has 0 bridgehead atoms. The molecule has 0 fully saturated rings. The summed E-state index contributed by atoms with van der Waals surface area (Å²) in [5.74, 6) is -0.651. The van der Waals surface area contributed by atoms with Crippen LogP contribution in [0.1, 0.15) is 11.6 Å². The van der Waals surface area contributed by atoms with E-state index in [0.717, 1.165) is 0 Å². The summed E-state index contributed by atoms with van der Waals surface area (Å²) in [6.45, 7) is -0.159. The van der Waals surface area contributed by atoms with Crippen LogP contribution in [0.15, 0.2) is 30.3 Å². The number of rotatable bonds is 6. The number of nitrogens with one attached hydrogen (secondary N) is 2. The Labute approximate surface area is 111 Å². The van der Waals surface area contributed by atoms with Crippen molar-refractivity contribution >= 4 is 18.2 Å². The first kappa shape index (κ1) is 14.7. The Morgan fingerprint density at radius 1 is 1.26 bits per heavy atom. The molecule has 19 heavy (non-hydrogen) atoms. The molecule has 6 heteroatoms. The number of carbonyl (C=O) groups is 3. The van der Waals surface area contributed by atoms with Crippen molar-refractivity contribution in [1.29, 1.82) is 0 Å². The van der Waals surface area contributed by atoms with E-state index in [2.05, 4.69) is 10.6 Å². The van der Waals surface area contributed by atoms with Gasteiger partial charge in [-0.1, -0.05) is 30.3 Å². The number of amides is 3. The lowest BCUT2D eigenvalue weighted by Crippen LogP contribution is -2.42. The first-order valence-electron chi connectivity index (χ1n) is 5.78. The Kier molecular flexibility index (Phi) is 5.53. The summed E-state index contributed by atoms with van der Waals surface area (Å²) >= 11 is 0. The predicted molar refractivity (Wildman–Crippen MR) is 70.1 cm³/mol. The zero-order valence-corrected chi connectivity index (χ0v) is 10.9. The maximum absolute atomic E-state index is 12.1. The topological polar surface area (TPSA) is 78.5 Å². The normalized spacial score (nSPS) is 11.3. The molecule has 0 heterocycles. The third-order valence-corrected chi connectivity index (χ3v) is 2.47.